The molecule has 11 heavy (non-hydrogen) atoms. The Balaban J connectivity index is 0. The van der Waals surface area contributed by atoms with E-state index >= 15 is 0 Å². The largest absolute Gasteiger partial charge is 0.377 e. The molecule has 0 aliphatic heterocycles. The van der Waals surface area contributed by atoms with E-state index in [4.69, 9.17) is 0 Å². The summed E-state index contributed by atoms with van der Waals surface area (Å²) in [5.74, 6) is 0.968. The lowest BCUT2D eigenvalue weighted by Crippen LogP contribution is -2.12. The molecule has 0 saturated heterocycles. The van der Waals surface area contributed by atoms with Gasteiger partial charge in [0, 0.05) is 26.9 Å². The summed E-state index contributed by atoms with van der Waals surface area (Å²) in [4.78, 5) is 7.62. The van der Waals surface area contributed by atoms with Crippen molar-refractivity contribution in [1.82, 2.24) is 5.32 Å². The fraction of sp³-hybridized carbons (Fsp3) is 0.750. The van der Waals surface area contributed by atoms with Gasteiger partial charge in [-0.3, -0.25) is 9.98 Å². The monoisotopic (exact) mass is 157 g/mol. The standard InChI is InChI=1S/C4H10N2.C4H9N/c1-4(5-2)6-3;1-4(2)5-3/h1-3H3,(H,5,6);1-3H3. The van der Waals surface area contributed by atoms with Gasteiger partial charge in [0.25, 0.3) is 0 Å². The summed E-state index contributed by atoms with van der Waals surface area (Å²) in [5, 5.41) is 2.86. The van der Waals surface area contributed by atoms with Crippen LogP contribution in [0.2, 0.25) is 0 Å². The third kappa shape index (κ3) is 17.6. The van der Waals surface area contributed by atoms with E-state index < -0.39 is 0 Å². The number of nitrogens with one attached hydrogen (secondary N) is 1. The molecule has 0 unspecified atom stereocenters. The highest BCUT2D eigenvalue weighted by Gasteiger charge is 1.71. The Bertz CT molecular complexity index is 132. The molecular formula is C8H19N3. The minimum absolute atomic E-state index is 0.968. The van der Waals surface area contributed by atoms with Crippen LogP contribution in [0.25, 0.3) is 0 Å². The SMILES string of the molecule is CN=C(C)C.CN=C(C)NC. The van der Waals surface area contributed by atoms with Crippen LogP contribution in [0.5, 0.6) is 0 Å². The predicted octanol–water partition coefficient (Wildman–Crippen LogP) is 1.35. The molecule has 0 aliphatic carbocycles. The summed E-state index contributed by atoms with van der Waals surface area (Å²) < 4.78 is 0. The second kappa shape index (κ2) is 9.14. The van der Waals surface area contributed by atoms with Crippen molar-refractivity contribution < 1.29 is 0 Å². The fourth-order valence-electron chi connectivity index (χ4n) is 0.112. The van der Waals surface area contributed by atoms with Crippen LogP contribution in [0, 0.1) is 0 Å². The van der Waals surface area contributed by atoms with Crippen LogP contribution in [0.4, 0.5) is 0 Å². The van der Waals surface area contributed by atoms with E-state index in [2.05, 4.69) is 15.3 Å². The van der Waals surface area contributed by atoms with E-state index in [1.807, 2.05) is 27.8 Å². The third-order valence-electron chi connectivity index (χ3n) is 1.14. The number of rotatable bonds is 0. The van der Waals surface area contributed by atoms with E-state index in [1.165, 1.54) is 0 Å². The van der Waals surface area contributed by atoms with Gasteiger partial charge in [0.1, 0.15) is 0 Å². The number of hydrogen-bond acceptors (Lipinski definition) is 2. The van der Waals surface area contributed by atoms with Crippen LogP contribution in [0.3, 0.4) is 0 Å². The van der Waals surface area contributed by atoms with Crippen LogP contribution >= 0.6 is 0 Å². The first-order valence-electron chi connectivity index (χ1n) is 3.59. The maximum absolute atomic E-state index is 3.81. The van der Waals surface area contributed by atoms with Gasteiger partial charge in [-0.05, 0) is 20.8 Å². The first kappa shape index (κ1) is 12.8. The molecule has 0 rings (SSSR count). The summed E-state index contributed by atoms with van der Waals surface area (Å²) in [6, 6.07) is 0. The van der Waals surface area contributed by atoms with Gasteiger partial charge in [-0.2, -0.15) is 0 Å². The molecule has 66 valence electrons. The first-order valence-corrected chi connectivity index (χ1v) is 3.59. The van der Waals surface area contributed by atoms with Gasteiger partial charge in [0.15, 0.2) is 0 Å². The van der Waals surface area contributed by atoms with Crippen LogP contribution < -0.4 is 5.32 Å². The van der Waals surface area contributed by atoms with E-state index in [1.54, 1.807) is 14.1 Å². The summed E-state index contributed by atoms with van der Waals surface area (Å²) in [7, 11) is 5.39. The Morgan fingerprint density at radius 3 is 1.36 bits per heavy atom. The van der Waals surface area contributed by atoms with Gasteiger partial charge in [0.05, 0.1) is 5.84 Å². The molecule has 0 spiro atoms. The molecule has 0 aromatic rings. The zero-order valence-corrected chi connectivity index (χ0v) is 8.39. The lowest BCUT2D eigenvalue weighted by atomic mass is 10.5. The summed E-state index contributed by atoms with van der Waals surface area (Å²) >= 11 is 0. The minimum Gasteiger partial charge on any atom is -0.377 e. The molecule has 0 radical (unpaired) electrons. The van der Waals surface area contributed by atoms with Crippen molar-refractivity contribution in [3.63, 3.8) is 0 Å². The highest BCUT2D eigenvalue weighted by atomic mass is 14.9. The predicted molar refractivity (Wildman–Crippen MR) is 52.8 cm³/mol. The van der Waals surface area contributed by atoms with Crippen molar-refractivity contribution in [2.75, 3.05) is 21.1 Å². The highest BCUT2D eigenvalue weighted by molar-refractivity contribution is 5.79. The minimum atomic E-state index is 0.968. The van der Waals surface area contributed by atoms with Crippen LogP contribution in [-0.4, -0.2) is 32.7 Å². The van der Waals surface area contributed by atoms with Gasteiger partial charge in [-0.15, -0.1) is 0 Å². The van der Waals surface area contributed by atoms with Crippen molar-refractivity contribution in [3.8, 4) is 0 Å². The van der Waals surface area contributed by atoms with Crippen molar-refractivity contribution in [2.45, 2.75) is 20.8 Å². The summed E-state index contributed by atoms with van der Waals surface area (Å²) in [6.07, 6.45) is 0. The molecule has 0 atom stereocenters. The molecule has 0 fully saturated rings. The van der Waals surface area contributed by atoms with E-state index in [0.717, 1.165) is 11.5 Å². The van der Waals surface area contributed by atoms with Gasteiger partial charge >= 0.3 is 0 Å². The molecule has 0 aromatic heterocycles. The molecule has 0 aromatic carbocycles. The first-order chi connectivity index (χ1) is 5.08. The molecular weight excluding hydrogens is 138 g/mol. The average molecular weight is 157 g/mol. The smallest absolute Gasteiger partial charge is 0.0925 e. The average Bonchev–Trinajstić information content (AvgIpc) is 2.04. The Kier molecular flexibility index (Phi) is 10.6. The molecule has 1 N–H and O–H groups in total. The fourth-order valence-corrected chi connectivity index (χ4v) is 0.112. The molecule has 0 heterocycles. The van der Waals surface area contributed by atoms with Crippen LogP contribution in [0.15, 0.2) is 9.98 Å². The van der Waals surface area contributed by atoms with E-state index in [-0.39, 0.29) is 0 Å². The molecule has 0 aliphatic rings. The molecule has 3 nitrogen and oxygen atoms in total. The topological polar surface area (TPSA) is 36.8 Å². The Labute approximate surface area is 69.6 Å². The molecule has 0 bridgehead atoms. The second-order valence-corrected chi connectivity index (χ2v) is 2.23. The number of hydrogen-bond donors (Lipinski definition) is 1. The summed E-state index contributed by atoms with van der Waals surface area (Å²) in [5.41, 5.74) is 1.13. The van der Waals surface area contributed by atoms with Crippen LogP contribution in [0.1, 0.15) is 20.8 Å². The van der Waals surface area contributed by atoms with Crippen molar-refractivity contribution >= 4 is 11.5 Å². The zero-order chi connectivity index (χ0) is 9.28. The number of aliphatic imine (C=N–C) groups is 2. The molecule has 0 amide bonds. The van der Waals surface area contributed by atoms with Gasteiger partial charge in [-0.25, -0.2) is 0 Å². The van der Waals surface area contributed by atoms with Crippen molar-refractivity contribution in [3.05, 3.63) is 0 Å². The highest BCUT2D eigenvalue weighted by Crippen LogP contribution is 1.63. The second-order valence-electron chi connectivity index (χ2n) is 2.23. The summed E-state index contributed by atoms with van der Waals surface area (Å²) in [6.45, 7) is 5.86. The number of amidine groups is 1. The van der Waals surface area contributed by atoms with Gasteiger partial charge in [-0.1, -0.05) is 0 Å². The normalized spacial score (nSPS) is 9.45. The zero-order valence-electron chi connectivity index (χ0n) is 8.39. The third-order valence-corrected chi connectivity index (χ3v) is 1.14. The van der Waals surface area contributed by atoms with Crippen LogP contribution in [-0.2, 0) is 0 Å². The lowest BCUT2D eigenvalue weighted by molar-refractivity contribution is 1.14. The van der Waals surface area contributed by atoms with Gasteiger partial charge < -0.3 is 5.32 Å². The lowest BCUT2D eigenvalue weighted by Gasteiger charge is -1.90. The van der Waals surface area contributed by atoms with Gasteiger partial charge in [0.2, 0.25) is 0 Å². The Morgan fingerprint density at radius 2 is 1.36 bits per heavy atom. The number of nitrogens with zero attached hydrogens (tertiary/aromatic N) is 2. The maximum atomic E-state index is 3.81. The van der Waals surface area contributed by atoms with Crippen molar-refractivity contribution in [2.24, 2.45) is 9.98 Å². The quantitative estimate of drug-likeness (QED) is 0.418. The maximum Gasteiger partial charge on any atom is 0.0925 e. The molecule has 0 saturated carbocycles. The van der Waals surface area contributed by atoms with E-state index in [0.29, 0.717) is 0 Å². The van der Waals surface area contributed by atoms with Crippen molar-refractivity contribution in [1.29, 1.82) is 0 Å². The van der Waals surface area contributed by atoms with E-state index in [9.17, 15) is 0 Å². The molecule has 3 heteroatoms. The Hall–Kier alpha value is -0.860. The Morgan fingerprint density at radius 1 is 1.00 bits per heavy atom.